The summed E-state index contributed by atoms with van der Waals surface area (Å²) in [4.78, 5) is 28.8. The maximum atomic E-state index is 13.6. The molecule has 1 aromatic rings. The van der Waals surface area contributed by atoms with Crippen molar-refractivity contribution >= 4 is 11.9 Å². The van der Waals surface area contributed by atoms with Crippen molar-refractivity contribution in [1.82, 2.24) is 5.06 Å². The van der Waals surface area contributed by atoms with Crippen LogP contribution in [-0.2, 0) is 30.4 Å². The highest BCUT2D eigenvalue weighted by molar-refractivity contribution is 5.97. The number of rotatable bonds is 4. The highest BCUT2D eigenvalue weighted by Gasteiger charge is 2.38. The number of benzene rings is 1. The van der Waals surface area contributed by atoms with Crippen molar-refractivity contribution in [3.05, 3.63) is 47.0 Å². The largest absolute Gasteiger partial charge is 0.445 e. The molecule has 1 fully saturated rings. The number of esters is 1. The predicted molar refractivity (Wildman–Crippen MR) is 78.0 cm³/mol. The second-order valence-electron chi connectivity index (χ2n) is 5.54. The molecule has 1 saturated heterocycles. The van der Waals surface area contributed by atoms with Gasteiger partial charge in [-0.3, -0.25) is 9.63 Å². The van der Waals surface area contributed by atoms with Gasteiger partial charge >= 0.3 is 5.97 Å². The van der Waals surface area contributed by atoms with Crippen molar-refractivity contribution in [3.63, 3.8) is 0 Å². The van der Waals surface area contributed by atoms with Crippen LogP contribution in [0.15, 0.2) is 30.0 Å². The fourth-order valence-electron chi connectivity index (χ4n) is 2.01. The average Bonchev–Trinajstić information content (AvgIpc) is 2.72. The summed E-state index contributed by atoms with van der Waals surface area (Å²) in [5.74, 6) is -3.01. The molecule has 1 aromatic carbocycles. The van der Waals surface area contributed by atoms with Gasteiger partial charge in [0.15, 0.2) is 0 Å². The Kier molecular flexibility index (Phi) is 4.70. The number of cyclic esters (lactones) is 1. The lowest BCUT2D eigenvalue weighted by Crippen LogP contribution is -2.28. The van der Waals surface area contributed by atoms with Crippen LogP contribution >= 0.6 is 0 Å². The summed E-state index contributed by atoms with van der Waals surface area (Å²) in [6.45, 7) is 4.78. The molecule has 0 spiro atoms. The second kappa shape index (κ2) is 6.37. The molecule has 1 aliphatic heterocycles. The van der Waals surface area contributed by atoms with E-state index in [4.69, 9.17) is 14.3 Å². The summed E-state index contributed by atoms with van der Waals surface area (Å²) >= 11 is 0. The molecular weight excluding hydrogens is 305 g/mol. The van der Waals surface area contributed by atoms with Crippen LogP contribution in [0.25, 0.3) is 0 Å². The minimum atomic E-state index is -1.11. The van der Waals surface area contributed by atoms with Crippen molar-refractivity contribution in [3.8, 4) is 0 Å². The first-order chi connectivity index (χ1) is 10.7. The third kappa shape index (κ3) is 4.07. The van der Waals surface area contributed by atoms with E-state index in [0.717, 1.165) is 11.1 Å². The van der Waals surface area contributed by atoms with Crippen LogP contribution in [0.4, 0.5) is 4.39 Å². The molecular formula is C16H18FNO5. The van der Waals surface area contributed by atoms with E-state index in [-0.39, 0.29) is 18.1 Å². The lowest BCUT2D eigenvalue weighted by Gasteiger charge is -2.18. The van der Waals surface area contributed by atoms with Gasteiger partial charge in [-0.25, -0.2) is 14.2 Å². The SMILES string of the molecule is CON(Cc1ccc(C)c(F)c1)C(=O)C=C1OC(C)(C)OC1=O. The molecule has 1 aliphatic rings. The molecule has 0 saturated carbocycles. The summed E-state index contributed by atoms with van der Waals surface area (Å²) in [6.07, 6.45) is 0.991. The minimum Gasteiger partial charge on any atom is -0.445 e. The Morgan fingerprint density at radius 3 is 2.61 bits per heavy atom. The first-order valence-electron chi connectivity index (χ1n) is 6.96. The number of hydroxylamine groups is 2. The molecule has 2 rings (SSSR count). The van der Waals surface area contributed by atoms with Gasteiger partial charge in [0.25, 0.3) is 5.91 Å². The van der Waals surface area contributed by atoms with Gasteiger partial charge in [0.05, 0.1) is 19.7 Å². The maximum Gasteiger partial charge on any atom is 0.377 e. The predicted octanol–water partition coefficient (Wildman–Crippen LogP) is 2.22. The van der Waals surface area contributed by atoms with Crippen molar-refractivity contribution in [2.45, 2.75) is 33.1 Å². The summed E-state index contributed by atoms with van der Waals surface area (Å²) in [6, 6.07) is 4.63. The number of carbonyl (C=O) groups excluding carboxylic acids is 2. The van der Waals surface area contributed by atoms with Crippen LogP contribution in [0.3, 0.4) is 0 Å². The van der Waals surface area contributed by atoms with Gasteiger partial charge < -0.3 is 9.47 Å². The third-order valence-electron chi connectivity index (χ3n) is 3.18. The Labute approximate surface area is 133 Å². The number of nitrogens with zero attached hydrogens (tertiary/aromatic N) is 1. The van der Waals surface area contributed by atoms with Gasteiger partial charge in [0.1, 0.15) is 5.82 Å². The molecule has 1 heterocycles. The van der Waals surface area contributed by atoms with E-state index in [9.17, 15) is 14.0 Å². The van der Waals surface area contributed by atoms with Crippen LogP contribution in [-0.4, -0.2) is 29.8 Å². The molecule has 0 aliphatic carbocycles. The molecule has 7 heteroatoms. The first kappa shape index (κ1) is 17.0. The standard InChI is InChI=1S/C16H18FNO5/c1-10-5-6-11(7-12(10)17)9-18(21-4)14(19)8-13-15(20)23-16(2,3)22-13/h5-8H,9H2,1-4H3. The van der Waals surface area contributed by atoms with Crippen molar-refractivity contribution in [2.75, 3.05) is 7.11 Å². The topological polar surface area (TPSA) is 65.1 Å². The zero-order chi connectivity index (χ0) is 17.2. The first-order valence-corrected chi connectivity index (χ1v) is 6.96. The zero-order valence-electron chi connectivity index (χ0n) is 13.4. The quantitative estimate of drug-likeness (QED) is 0.483. The summed E-state index contributed by atoms with van der Waals surface area (Å²) in [5, 5.41) is 0.985. The maximum absolute atomic E-state index is 13.6. The fraction of sp³-hybridized carbons (Fsp3) is 0.375. The Hall–Kier alpha value is -2.41. The summed E-state index contributed by atoms with van der Waals surface area (Å²) in [7, 11) is 1.30. The molecule has 0 aromatic heterocycles. The number of hydrogen-bond acceptors (Lipinski definition) is 5. The zero-order valence-corrected chi connectivity index (χ0v) is 13.4. The second-order valence-corrected chi connectivity index (χ2v) is 5.54. The third-order valence-corrected chi connectivity index (χ3v) is 3.18. The molecule has 1 amide bonds. The summed E-state index contributed by atoms with van der Waals surface area (Å²) < 4.78 is 23.7. The summed E-state index contributed by atoms with van der Waals surface area (Å²) in [5.41, 5.74) is 1.06. The molecule has 0 unspecified atom stereocenters. The highest BCUT2D eigenvalue weighted by atomic mass is 19.1. The lowest BCUT2D eigenvalue weighted by molar-refractivity contribution is -0.173. The van der Waals surface area contributed by atoms with Crippen LogP contribution in [0.5, 0.6) is 0 Å². The molecule has 0 atom stereocenters. The van der Waals surface area contributed by atoms with E-state index < -0.39 is 17.7 Å². The number of amides is 1. The van der Waals surface area contributed by atoms with Gasteiger partial charge in [-0.1, -0.05) is 12.1 Å². The van der Waals surface area contributed by atoms with Gasteiger partial charge in [-0.2, -0.15) is 0 Å². The number of aryl methyl sites for hydroxylation is 1. The number of carbonyl (C=O) groups is 2. The molecule has 23 heavy (non-hydrogen) atoms. The normalized spacial score (nSPS) is 17.8. The smallest absolute Gasteiger partial charge is 0.377 e. The van der Waals surface area contributed by atoms with E-state index in [0.29, 0.717) is 11.1 Å². The van der Waals surface area contributed by atoms with E-state index in [1.165, 1.54) is 13.2 Å². The molecule has 0 radical (unpaired) electrons. The number of hydrogen-bond donors (Lipinski definition) is 0. The lowest BCUT2D eigenvalue weighted by atomic mass is 10.1. The van der Waals surface area contributed by atoms with Crippen molar-refractivity contribution in [1.29, 1.82) is 0 Å². The van der Waals surface area contributed by atoms with Crippen LogP contribution < -0.4 is 0 Å². The van der Waals surface area contributed by atoms with E-state index >= 15 is 0 Å². The minimum absolute atomic E-state index is 0.0226. The van der Waals surface area contributed by atoms with Crippen LogP contribution in [0.1, 0.15) is 25.0 Å². The number of ether oxygens (including phenoxy) is 2. The van der Waals surface area contributed by atoms with Crippen molar-refractivity contribution in [2.24, 2.45) is 0 Å². The molecule has 124 valence electrons. The molecule has 0 N–H and O–H groups in total. The average molecular weight is 323 g/mol. The number of halogens is 1. The molecule has 6 nitrogen and oxygen atoms in total. The Bertz CT molecular complexity index is 668. The van der Waals surface area contributed by atoms with Gasteiger partial charge in [0, 0.05) is 13.8 Å². The fourth-order valence-corrected chi connectivity index (χ4v) is 2.01. The van der Waals surface area contributed by atoms with E-state index in [1.54, 1.807) is 32.9 Å². The Balaban J connectivity index is 2.13. The van der Waals surface area contributed by atoms with E-state index in [2.05, 4.69) is 0 Å². The van der Waals surface area contributed by atoms with Crippen LogP contribution in [0, 0.1) is 12.7 Å². The highest BCUT2D eigenvalue weighted by Crippen LogP contribution is 2.26. The van der Waals surface area contributed by atoms with Crippen molar-refractivity contribution < 1.29 is 28.3 Å². The Morgan fingerprint density at radius 1 is 1.39 bits per heavy atom. The van der Waals surface area contributed by atoms with Gasteiger partial charge in [0.2, 0.25) is 11.5 Å². The Morgan fingerprint density at radius 2 is 2.09 bits per heavy atom. The van der Waals surface area contributed by atoms with Gasteiger partial charge in [-0.05, 0) is 24.1 Å². The molecule has 0 bridgehead atoms. The monoisotopic (exact) mass is 323 g/mol. The van der Waals surface area contributed by atoms with Gasteiger partial charge in [-0.15, -0.1) is 0 Å². The van der Waals surface area contributed by atoms with E-state index in [1.807, 2.05) is 0 Å². The van der Waals surface area contributed by atoms with Crippen LogP contribution in [0.2, 0.25) is 0 Å².